The molecule has 1 aliphatic carbocycles. The molecular formula is C16H11N3O. The van der Waals surface area contributed by atoms with E-state index in [0.29, 0.717) is 5.69 Å². The van der Waals surface area contributed by atoms with Crippen LogP contribution in [0.5, 0.6) is 0 Å². The maximum absolute atomic E-state index is 11.3. The molecule has 2 aromatic carbocycles. The molecule has 0 unspecified atom stereocenters. The maximum atomic E-state index is 11.3. The minimum absolute atomic E-state index is 0.493. The van der Waals surface area contributed by atoms with E-state index in [1.807, 2.05) is 54.6 Å². The molecule has 4 rings (SSSR count). The van der Waals surface area contributed by atoms with Gasteiger partial charge in [0.15, 0.2) is 0 Å². The van der Waals surface area contributed by atoms with Crippen LogP contribution in [0.15, 0.2) is 59.8 Å². The van der Waals surface area contributed by atoms with Crippen LogP contribution in [-0.2, 0) is 0 Å². The number of aromatic nitrogens is 2. The van der Waals surface area contributed by atoms with Crippen molar-refractivity contribution >= 4 is 16.5 Å². The molecule has 1 heterocycles. The second-order valence-electron chi connectivity index (χ2n) is 4.73. The Kier molecular flexibility index (Phi) is 2.23. The van der Waals surface area contributed by atoms with Crippen LogP contribution in [-0.4, -0.2) is 10.2 Å². The van der Waals surface area contributed by atoms with Gasteiger partial charge in [0.25, 0.3) is 0 Å². The summed E-state index contributed by atoms with van der Waals surface area (Å²) in [6.07, 6.45) is 0. The van der Waals surface area contributed by atoms with Gasteiger partial charge in [-0.15, -0.1) is 4.91 Å². The van der Waals surface area contributed by atoms with Gasteiger partial charge >= 0.3 is 0 Å². The van der Waals surface area contributed by atoms with E-state index < -0.39 is 0 Å². The maximum Gasteiger partial charge on any atom is 0.127 e. The van der Waals surface area contributed by atoms with Crippen molar-refractivity contribution < 1.29 is 0 Å². The highest BCUT2D eigenvalue weighted by atomic mass is 16.3. The Morgan fingerprint density at radius 2 is 1.40 bits per heavy atom. The quantitative estimate of drug-likeness (QED) is 0.506. The number of rotatable bonds is 2. The van der Waals surface area contributed by atoms with Gasteiger partial charge in [-0.1, -0.05) is 54.6 Å². The van der Waals surface area contributed by atoms with Crippen molar-refractivity contribution in [2.75, 3.05) is 0 Å². The number of nitrogens with zero attached hydrogens (tertiary/aromatic N) is 1. The van der Waals surface area contributed by atoms with Gasteiger partial charge in [0.05, 0.1) is 17.0 Å². The molecule has 0 amide bonds. The summed E-state index contributed by atoms with van der Waals surface area (Å²) >= 11 is 0. The Balaban J connectivity index is 2.11. The number of fused-ring (bicyclic) bond motifs is 3. The van der Waals surface area contributed by atoms with Gasteiger partial charge < -0.3 is 0 Å². The molecule has 0 saturated heterocycles. The second-order valence-corrected chi connectivity index (χ2v) is 4.73. The molecule has 2 aliphatic rings. The monoisotopic (exact) mass is 261 g/mol. The number of nitrogens with one attached hydrogen (secondary N) is 2. The van der Waals surface area contributed by atoms with Crippen LogP contribution in [0.4, 0.5) is 5.69 Å². The molecule has 4 heteroatoms. The second kappa shape index (κ2) is 4.06. The standard InChI is InChI=1S/C16H11N3O/c20-19-16-12-9-5-4-8-11(12)15-13(16)14(17-18-15)10-6-2-1-3-7-10/h1-9,17-18H. The van der Waals surface area contributed by atoms with Crippen molar-refractivity contribution in [3.63, 3.8) is 0 Å². The largest absolute Gasteiger partial charge is 0.299 e. The van der Waals surface area contributed by atoms with Crippen molar-refractivity contribution in [1.29, 1.82) is 0 Å². The zero-order valence-corrected chi connectivity index (χ0v) is 10.6. The summed E-state index contributed by atoms with van der Waals surface area (Å²) in [4.78, 5) is 11.3. The minimum Gasteiger partial charge on any atom is -0.299 e. The van der Waals surface area contributed by atoms with Crippen LogP contribution >= 0.6 is 0 Å². The average Bonchev–Trinajstić information content (AvgIpc) is 3.06. The summed E-state index contributed by atoms with van der Waals surface area (Å²) in [5.74, 6) is 0. The molecule has 0 radical (unpaired) electrons. The lowest BCUT2D eigenvalue weighted by molar-refractivity contribution is 1.11. The highest BCUT2D eigenvalue weighted by molar-refractivity contribution is 6.14. The summed E-state index contributed by atoms with van der Waals surface area (Å²) < 4.78 is 0. The fraction of sp³-hybridized carbons (Fsp3) is 0. The van der Waals surface area contributed by atoms with Gasteiger partial charge in [0, 0.05) is 16.3 Å². The van der Waals surface area contributed by atoms with E-state index in [9.17, 15) is 4.91 Å². The third-order valence-electron chi connectivity index (χ3n) is 3.65. The molecule has 2 N–H and O–H groups in total. The zero-order valence-electron chi connectivity index (χ0n) is 10.6. The fourth-order valence-electron chi connectivity index (χ4n) is 2.77. The molecule has 2 aromatic rings. The van der Waals surface area contributed by atoms with Crippen LogP contribution in [0.25, 0.3) is 33.3 Å². The number of hydrogen-bond acceptors (Lipinski definition) is 2. The van der Waals surface area contributed by atoms with Crippen molar-refractivity contribution in [2.24, 2.45) is 5.18 Å². The lowest BCUT2D eigenvalue weighted by Gasteiger charge is -1.99. The molecule has 0 aromatic heterocycles. The van der Waals surface area contributed by atoms with Gasteiger partial charge in [0.2, 0.25) is 0 Å². The van der Waals surface area contributed by atoms with Gasteiger partial charge in [0.1, 0.15) is 5.69 Å². The molecule has 1 aliphatic heterocycles. The van der Waals surface area contributed by atoms with Crippen molar-refractivity contribution in [3.8, 4) is 22.5 Å². The summed E-state index contributed by atoms with van der Waals surface area (Å²) in [5, 5.41) is 11.5. The number of nitroso groups, excluding NO2 is 1. The van der Waals surface area contributed by atoms with Crippen LogP contribution < -0.4 is 0 Å². The van der Waals surface area contributed by atoms with E-state index in [2.05, 4.69) is 15.4 Å². The third kappa shape index (κ3) is 1.36. The topological polar surface area (TPSA) is 61.0 Å². The van der Waals surface area contributed by atoms with E-state index in [4.69, 9.17) is 0 Å². The molecule has 20 heavy (non-hydrogen) atoms. The number of H-pyrrole nitrogens is 2. The van der Waals surface area contributed by atoms with E-state index in [0.717, 1.165) is 33.3 Å². The van der Waals surface area contributed by atoms with E-state index >= 15 is 0 Å². The summed E-state index contributed by atoms with van der Waals surface area (Å²) in [7, 11) is 0. The van der Waals surface area contributed by atoms with Crippen molar-refractivity contribution in [3.05, 3.63) is 59.5 Å². The normalized spacial score (nSPS) is 11.2. The predicted molar refractivity (Wildman–Crippen MR) is 80.2 cm³/mol. The Morgan fingerprint density at radius 1 is 0.750 bits per heavy atom. The van der Waals surface area contributed by atoms with Crippen molar-refractivity contribution in [2.45, 2.75) is 0 Å². The Bertz CT molecular complexity index is 873. The zero-order chi connectivity index (χ0) is 13.5. The smallest absolute Gasteiger partial charge is 0.127 e. The Morgan fingerprint density at radius 3 is 2.15 bits per heavy atom. The first kappa shape index (κ1) is 11.0. The van der Waals surface area contributed by atoms with Gasteiger partial charge in [-0.05, 0) is 5.18 Å². The van der Waals surface area contributed by atoms with Gasteiger partial charge in [-0.25, -0.2) is 0 Å². The summed E-state index contributed by atoms with van der Waals surface area (Å²) in [6, 6.07) is 17.7. The molecular weight excluding hydrogens is 250 g/mol. The molecule has 4 nitrogen and oxygen atoms in total. The van der Waals surface area contributed by atoms with E-state index in [-0.39, 0.29) is 0 Å². The van der Waals surface area contributed by atoms with Crippen LogP contribution in [0.1, 0.15) is 0 Å². The highest BCUT2D eigenvalue weighted by Crippen LogP contribution is 2.47. The predicted octanol–water partition coefficient (Wildman–Crippen LogP) is 4.67. The highest BCUT2D eigenvalue weighted by Gasteiger charge is 2.24. The molecule has 96 valence electrons. The van der Waals surface area contributed by atoms with Gasteiger partial charge in [-0.2, -0.15) is 0 Å². The minimum atomic E-state index is 0.493. The molecule has 0 fully saturated rings. The lowest BCUT2D eigenvalue weighted by Crippen LogP contribution is -1.78. The van der Waals surface area contributed by atoms with E-state index in [1.54, 1.807) is 0 Å². The summed E-state index contributed by atoms with van der Waals surface area (Å²) in [5.41, 5.74) is 4.19. The van der Waals surface area contributed by atoms with Gasteiger partial charge in [-0.3, -0.25) is 10.2 Å². The van der Waals surface area contributed by atoms with Crippen LogP contribution in [0, 0.1) is 4.91 Å². The average molecular weight is 261 g/mol. The first-order valence-electron chi connectivity index (χ1n) is 6.39. The lowest BCUT2D eigenvalue weighted by atomic mass is 10.1. The SMILES string of the molecule is O=Nc1c2c(-c3ccccc3)[nH][nH]c-2c2ccccc12. The van der Waals surface area contributed by atoms with Crippen molar-refractivity contribution in [1.82, 2.24) is 10.2 Å². The van der Waals surface area contributed by atoms with E-state index in [1.165, 1.54) is 0 Å². The number of hydrogen-bond donors (Lipinski definition) is 2. The summed E-state index contributed by atoms with van der Waals surface area (Å²) in [6.45, 7) is 0. The first-order valence-corrected chi connectivity index (χ1v) is 6.39. The first-order chi connectivity index (χ1) is 9.90. The Labute approximate surface area is 114 Å². The number of aromatic amines is 2. The molecule has 0 atom stereocenters. The third-order valence-corrected chi connectivity index (χ3v) is 3.65. The van der Waals surface area contributed by atoms with Crippen LogP contribution in [0.2, 0.25) is 0 Å². The van der Waals surface area contributed by atoms with Crippen LogP contribution in [0.3, 0.4) is 0 Å². The fourth-order valence-corrected chi connectivity index (χ4v) is 2.77. The molecule has 0 saturated carbocycles. The Hall–Kier alpha value is -2.88. The number of benzene rings is 2. The molecule has 0 spiro atoms. The molecule has 0 bridgehead atoms.